The van der Waals surface area contributed by atoms with Gasteiger partial charge in [-0.2, -0.15) is 0 Å². The molecule has 5 heteroatoms. The minimum absolute atomic E-state index is 0.0129. The first-order valence-electron chi connectivity index (χ1n) is 7.41. The third-order valence-corrected chi connectivity index (χ3v) is 3.85. The fourth-order valence-electron chi connectivity index (χ4n) is 2.72. The molecule has 1 heterocycles. The fraction of sp³-hybridized carbons (Fsp3) is 0.625. The van der Waals surface area contributed by atoms with Gasteiger partial charge in [0.1, 0.15) is 0 Å². The third-order valence-electron chi connectivity index (χ3n) is 3.85. The Balaban J connectivity index is 2.20. The summed E-state index contributed by atoms with van der Waals surface area (Å²) in [5.41, 5.74) is 0.922. The van der Waals surface area contributed by atoms with Crippen molar-refractivity contribution in [2.24, 2.45) is 0 Å². The van der Waals surface area contributed by atoms with Gasteiger partial charge in [-0.3, -0.25) is 4.90 Å². The van der Waals surface area contributed by atoms with Crippen molar-refractivity contribution in [3.8, 4) is 5.75 Å². The van der Waals surface area contributed by atoms with Crippen molar-refractivity contribution in [3.63, 3.8) is 0 Å². The maximum absolute atomic E-state index is 14.0. The summed E-state index contributed by atoms with van der Waals surface area (Å²) in [6, 6.07) is 5.59. The van der Waals surface area contributed by atoms with Crippen LogP contribution in [0.15, 0.2) is 18.2 Å². The molecule has 0 amide bonds. The van der Waals surface area contributed by atoms with Crippen LogP contribution >= 0.6 is 0 Å². The van der Waals surface area contributed by atoms with Crippen LogP contribution in [0.25, 0.3) is 0 Å². The number of morpholine rings is 1. The average Bonchev–Trinajstić information content (AvgIpc) is 2.45. The number of methoxy groups -OCH3 is 1. The van der Waals surface area contributed by atoms with Crippen molar-refractivity contribution in [1.82, 2.24) is 10.2 Å². The average molecular weight is 296 g/mol. The first-order chi connectivity index (χ1) is 10.0. The summed E-state index contributed by atoms with van der Waals surface area (Å²) >= 11 is 0. The molecule has 0 saturated carbocycles. The van der Waals surface area contributed by atoms with Gasteiger partial charge in [0.05, 0.1) is 25.9 Å². The topological polar surface area (TPSA) is 33.7 Å². The van der Waals surface area contributed by atoms with Crippen LogP contribution in [0.3, 0.4) is 0 Å². The molecule has 1 aromatic carbocycles. The van der Waals surface area contributed by atoms with Gasteiger partial charge < -0.3 is 14.8 Å². The molecule has 1 fully saturated rings. The molecular formula is C16H25FN2O2. The van der Waals surface area contributed by atoms with Gasteiger partial charge in [-0.05, 0) is 24.7 Å². The van der Waals surface area contributed by atoms with Crippen molar-refractivity contribution >= 4 is 0 Å². The van der Waals surface area contributed by atoms with Gasteiger partial charge in [0.25, 0.3) is 0 Å². The molecule has 4 nitrogen and oxygen atoms in total. The van der Waals surface area contributed by atoms with E-state index in [2.05, 4.69) is 31.1 Å². The molecule has 21 heavy (non-hydrogen) atoms. The molecule has 2 unspecified atom stereocenters. The van der Waals surface area contributed by atoms with Crippen LogP contribution in [0.5, 0.6) is 5.75 Å². The minimum atomic E-state index is -0.329. The molecule has 1 saturated heterocycles. The van der Waals surface area contributed by atoms with E-state index in [9.17, 15) is 4.39 Å². The van der Waals surface area contributed by atoms with Gasteiger partial charge in [-0.15, -0.1) is 0 Å². The van der Waals surface area contributed by atoms with Crippen LogP contribution in [-0.2, 0) is 4.74 Å². The van der Waals surface area contributed by atoms with E-state index in [4.69, 9.17) is 9.47 Å². The van der Waals surface area contributed by atoms with Crippen molar-refractivity contribution in [2.75, 3.05) is 33.9 Å². The predicted octanol–water partition coefficient (Wildman–Crippen LogP) is 2.20. The number of halogens is 1. The van der Waals surface area contributed by atoms with Crippen LogP contribution in [0.4, 0.5) is 4.39 Å². The van der Waals surface area contributed by atoms with Gasteiger partial charge in [-0.1, -0.05) is 19.9 Å². The van der Waals surface area contributed by atoms with E-state index in [-0.39, 0.29) is 23.7 Å². The van der Waals surface area contributed by atoms with Crippen molar-refractivity contribution in [1.29, 1.82) is 0 Å². The summed E-state index contributed by atoms with van der Waals surface area (Å²) < 4.78 is 24.9. The number of ether oxygens (including phenoxy) is 2. The normalized spacial score (nSPS) is 23.5. The van der Waals surface area contributed by atoms with Crippen molar-refractivity contribution in [3.05, 3.63) is 29.6 Å². The van der Waals surface area contributed by atoms with E-state index in [1.165, 1.54) is 7.11 Å². The monoisotopic (exact) mass is 296 g/mol. The Morgan fingerprint density at radius 1 is 1.48 bits per heavy atom. The molecule has 0 aromatic heterocycles. The molecule has 1 aliphatic heterocycles. The number of rotatable bonds is 5. The van der Waals surface area contributed by atoms with E-state index in [1.807, 2.05) is 6.07 Å². The lowest BCUT2D eigenvalue weighted by Gasteiger charge is -2.40. The lowest BCUT2D eigenvalue weighted by atomic mass is 9.98. The Kier molecular flexibility index (Phi) is 5.56. The van der Waals surface area contributed by atoms with E-state index < -0.39 is 0 Å². The van der Waals surface area contributed by atoms with Crippen LogP contribution in [-0.4, -0.2) is 50.9 Å². The van der Waals surface area contributed by atoms with E-state index >= 15 is 0 Å². The van der Waals surface area contributed by atoms with Gasteiger partial charge in [0.2, 0.25) is 0 Å². The van der Waals surface area contributed by atoms with Crippen LogP contribution in [0.2, 0.25) is 0 Å². The summed E-state index contributed by atoms with van der Waals surface area (Å²) in [5, 5.41) is 3.40. The second kappa shape index (κ2) is 7.20. The lowest BCUT2D eigenvalue weighted by molar-refractivity contribution is -0.0620. The zero-order valence-corrected chi connectivity index (χ0v) is 13.2. The second-order valence-corrected chi connectivity index (χ2v) is 5.79. The number of likely N-dealkylation sites (N-methyl/N-ethyl adjacent to an activating group) is 1. The molecule has 2 rings (SSSR count). The zero-order valence-electron chi connectivity index (χ0n) is 13.2. The first kappa shape index (κ1) is 16.2. The quantitative estimate of drug-likeness (QED) is 0.903. The Morgan fingerprint density at radius 2 is 2.24 bits per heavy atom. The van der Waals surface area contributed by atoms with Crippen molar-refractivity contribution < 1.29 is 13.9 Å². The standard InChI is InChI=1S/C16H25FN2O2/c1-11(2)18-10-15-16(19(3)7-8-21-15)12-5-6-14(20-4)13(17)9-12/h5-6,9,11,15-16,18H,7-8,10H2,1-4H3. The van der Waals surface area contributed by atoms with Gasteiger partial charge in [-0.25, -0.2) is 4.39 Å². The molecule has 2 atom stereocenters. The highest BCUT2D eigenvalue weighted by atomic mass is 19.1. The number of hydrogen-bond acceptors (Lipinski definition) is 4. The Morgan fingerprint density at radius 3 is 2.86 bits per heavy atom. The largest absolute Gasteiger partial charge is 0.494 e. The number of hydrogen-bond donors (Lipinski definition) is 1. The molecule has 1 aliphatic rings. The van der Waals surface area contributed by atoms with Gasteiger partial charge >= 0.3 is 0 Å². The maximum Gasteiger partial charge on any atom is 0.165 e. The molecule has 1 aromatic rings. The highest BCUT2D eigenvalue weighted by Gasteiger charge is 2.31. The second-order valence-electron chi connectivity index (χ2n) is 5.79. The van der Waals surface area contributed by atoms with Crippen LogP contribution in [0, 0.1) is 5.82 Å². The van der Waals surface area contributed by atoms with E-state index in [0.717, 1.165) is 18.7 Å². The summed E-state index contributed by atoms with van der Waals surface area (Å²) in [6.45, 7) is 6.51. The van der Waals surface area contributed by atoms with Crippen LogP contribution < -0.4 is 10.1 Å². The first-order valence-corrected chi connectivity index (χ1v) is 7.41. The lowest BCUT2D eigenvalue weighted by Crippen LogP contribution is -2.48. The highest BCUT2D eigenvalue weighted by molar-refractivity contribution is 5.32. The minimum Gasteiger partial charge on any atom is -0.494 e. The third kappa shape index (κ3) is 3.93. The Labute approximate surface area is 126 Å². The number of benzene rings is 1. The van der Waals surface area contributed by atoms with Crippen molar-refractivity contribution in [2.45, 2.75) is 32.0 Å². The Bertz CT molecular complexity index is 468. The molecule has 0 aliphatic carbocycles. The fourth-order valence-corrected chi connectivity index (χ4v) is 2.72. The maximum atomic E-state index is 14.0. The SMILES string of the molecule is COc1ccc(C2C(CNC(C)C)OCCN2C)cc1F. The number of nitrogens with one attached hydrogen (secondary N) is 1. The molecule has 118 valence electrons. The molecule has 0 bridgehead atoms. The van der Waals surface area contributed by atoms with E-state index in [0.29, 0.717) is 12.6 Å². The van der Waals surface area contributed by atoms with Gasteiger partial charge in [0.15, 0.2) is 11.6 Å². The molecule has 0 radical (unpaired) electrons. The Hall–Kier alpha value is -1.17. The zero-order chi connectivity index (χ0) is 15.4. The smallest absolute Gasteiger partial charge is 0.165 e. The molecule has 1 N–H and O–H groups in total. The molecule has 0 spiro atoms. The number of nitrogens with zero attached hydrogens (tertiary/aromatic N) is 1. The summed E-state index contributed by atoms with van der Waals surface area (Å²) in [6.07, 6.45) is 0.0129. The predicted molar refractivity (Wildman–Crippen MR) is 81.2 cm³/mol. The summed E-state index contributed by atoms with van der Waals surface area (Å²) in [4.78, 5) is 2.22. The molecular weight excluding hydrogens is 271 g/mol. The highest BCUT2D eigenvalue weighted by Crippen LogP contribution is 2.30. The summed E-state index contributed by atoms with van der Waals surface area (Å²) in [5.74, 6) is -0.0560. The van der Waals surface area contributed by atoms with E-state index in [1.54, 1.807) is 12.1 Å². The summed E-state index contributed by atoms with van der Waals surface area (Å²) in [7, 11) is 3.53. The van der Waals surface area contributed by atoms with Gasteiger partial charge in [0, 0.05) is 19.1 Å². The van der Waals surface area contributed by atoms with Crippen LogP contribution in [0.1, 0.15) is 25.5 Å².